The molecule has 1 saturated carbocycles. The van der Waals surface area contributed by atoms with Gasteiger partial charge in [0.25, 0.3) is 0 Å². The van der Waals surface area contributed by atoms with E-state index < -0.39 is 18.2 Å². The van der Waals surface area contributed by atoms with Crippen LogP contribution in [0.1, 0.15) is 40.5 Å². The van der Waals surface area contributed by atoms with Crippen molar-refractivity contribution in [3.63, 3.8) is 0 Å². The van der Waals surface area contributed by atoms with Crippen LogP contribution in [0.25, 0.3) is 32.7 Å². The zero-order chi connectivity index (χ0) is 37.3. The summed E-state index contributed by atoms with van der Waals surface area (Å²) in [5.41, 5.74) is 4.31. The van der Waals surface area contributed by atoms with Crippen LogP contribution in [0.2, 0.25) is 5.02 Å². The second-order valence-corrected chi connectivity index (χ2v) is 14.4. The van der Waals surface area contributed by atoms with Gasteiger partial charge >= 0.3 is 5.97 Å². The van der Waals surface area contributed by atoms with E-state index in [9.17, 15) is 15.0 Å². The number of aliphatic hydroxyl groups is 1. The number of fused-ring (bicyclic) bond motifs is 7. The number of carbonyl (C=O) groups is 1. The highest BCUT2D eigenvalue weighted by Crippen LogP contribution is 2.54. The second-order valence-electron chi connectivity index (χ2n) is 13.0. The first-order valence-electron chi connectivity index (χ1n) is 17.4. The van der Waals surface area contributed by atoms with E-state index in [1.165, 1.54) is 6.33 Å². The molecule has 54 heavy (non-hydrogen) atoms. The first kappa shape index (κ1) is 35.5. The van der Waals surface area contributed by atoms with Gasteiger partial charge in [-0.15, -0.1) is 11.3 Å². The quantitative estimate of drug-likeness (QED) is 0.158. The van der Waals surface area contributed by atoms with Gasteiger partial charge in [-0.2, -0.15) is 0 Å². The van der Waals surface area contributed by atoms with E-state index in [1.54, 1.807) is 55.0 Å². The van der Waals surface area contributed by atoms with Gasteiger partial charge in [0.2, 0.25) is 12.0 Å². The van der Waals surface area contributed by atoms with E-state index in [0.717, 1.165) is 40.0 Å². The summed E-state index contributed by atoms with van der Waals surface area (Å²) in [6, 6.07) is 18.0. The number of aliphatic carboxylic acids is 1. The van der Waals surface area contributed by atoms with Crippen LogP contribution in [0.3, 0.4) is 0 Å². The number of methoxy groups -OCH3 is 1. The molecular weight excluding hydrogens is 732 g/mol. The van der Waals surface area contributed by atoms with Crippen molar-refractivity contribution < 1.29 is 38.7 Å². The maximum absolute atomic E-state index is 13.0. The van der Waals surface area contributed by atoms with Crippen molar-refractivity contribution in [2.24, 2.45) is 0 Å². The Morgan fingerprint density at radius 1 is 1.02 bits per heavy atom. The van der Waals surface area contributed by atoms with E-state index in [0.29, 0.717) is 61.2 Å². The number of aromatic nitrogens is 4. The number of hydrogen-bond donors (Lipinski definition) is 2. The highest BCUT2D eigenvalue weighted by molar-refractivity contribution is 7.19. The molecule has 0 spiro atoms. The normalized spacial score (nSPS) is 16.9. The van der Waals surface area contributed by atoms with Crippen molar-refractivity contribution in [1.82, 2.24) is 19.9 Å². The number of benzene rings is 3. The highest BCUT2D eigenvalue weighted by atomic mass is 35.5. The van der Waals surface area contributed by atoms with Gasteiger partial charge in [0, 0.05) is 28.6 Å². The standard InChI is InChI=1S/C40H35ClN4O8S/c1-21-27-10-12-31(35(21)41)52-26(17-46)19-50-25-9-11-29(51-18-24-13-14-42-37(45-24)28-5-3-4-6-30(28)49-2)23(15-25)16-32(40(47)48)53-38-34-33(27)36(22-7-8-22)54-39(34)44-20-43-38/h3-6,9-15,20,22,26,32,46H,7-8,16-19H2,1-2H3,(H,47,48)/t26-,32-/m1/s1. The predicted octanol–water partition coefficient (Wildman–Crippen LogP) is 7.45. The average molecular weight is 767 g/mol. The molecular formula is C40H35ClN4O8S. The molecule has 3 aromatic heterocycles. The van der Waals surface area contributed by atoms with Crippen LogP contribution in [0, 0.1) is 6.92 Å². The molecule has 0 unspecified atom stereocenters. The fourth-order valence-electron chi connectivity index (χ4n) is 6.48. The van der Waals surface area contributed by atoms with Crippen LogP contribution < -0.4 is 23.7 Å². The number of carboxylic acid groups (broad SMARTS) is 1. The molecule has 2 N–H and O–H groups in total. The van der Waals surface area contributed by atoms with Crippen molar-refractivity contribution in [3.05, 3.63) is 99.9 Å². The van der Waals surface area contributed by atoms with Crippen molar-refractivity contribution in [3.8, 4) is 51.4 Å². The summed E-state index contributed by atoms with van der Waals surface area (Å²) >= 11 is 8.50. The van der Waals surface area contributed by atoms with Crippen LogP contribution in [-0.2, 0) is 17.8 Å². The van der Waals surface area contributed by atoms with E-state index in [1.807, 2.05) is 37.3 Å². The molecule has 6 aromatic rings. The van der Waals surface area contributed by atoms with Crippen molar-refractivity contribution in [1.29, 1.82) is 0 Å². The van der Waals surface area contributed by atoms with Crippen molar-refractivity contribution >= 4 is 39.1 Å². The Morgan fingerprint density at radius 3 is 2.67 bits per heavy atom. The molecule has 3 aromatic carbocycles. The molecule has 3 aliphatic rings. The summed E-state index contributed by atoms with van der Waals surface area (Å²) in [5, 5.41) is 21.9. The average Bonchev–Trinajstić information content (AvgIpc) is 3.97. The van der Waals surface area contributed by atoms with Gasteiger partial charge in [-0.25, -0.2) is 24.7 Å². The number of ether oxygens (including phenoxy) is 5. The molecule has 0 saturated heterocycles. The molecule has 2 atom stereocenters. The fourth-order valence-corrected chi connectivity index (χ4v) is 8.00. The molecule has 4 bridgehead atoms. The van der Waals surface area contributed by atoms with Crippen molar-refractivity contribution in [2.75, 3.05) is 20.3 Å². The monoisotopic (exact) mass is 766 g/mol. The number of nitrogens with zero attached hydrogens (tertiary/aromatic N) is 4. The SMILES string of the molecule is COc1ccccc1-c1nccc(COc2ccc3cc2C[C@H](C(=O)O)Oc2ncnc4sc(C5CC5)c(c24)-c2ccc(c(Cl)c2C)O[C@H](CO)CO3)n1. The van der Waals surface area contributed by atoms with Gasteiger partial charge in [0.1, 0.15) is 47.4 Å². The Labute approximate surface area is 319 Å². The summed E-state index contributed by atoms with van der Waals surface area (Å²) in [5.74, 6) is 1.63. The third kappa shape index (κ3) is 7.09. The van der Waals surface area contributed by atoms with Crippen LogP contribution in [0.15, 0.2) is 73.2 Å². The van der Waals surface area contributed by atoms with Gasteiger partial charge < -0.3 is 33.9 Å². The highest BCUT2D eigenvalue weighted by Gasteiger charge is 2.34. The molecule has 276 valence electrons. The number of para-hydroxylation sites is 1. The number of thiophene rings is 1. The zero-order valence-electron chi connectivity index (χ0n) is 29.3. The van der Waals surface area contributed by atoms with Crippen LogP contribution in [0.5, 0.6) is 28.9 Å². The molecule has 12 nitrogen and oxygen atoms in total. The lowest BCUT2D eigenvalue weighted by Gasteiger charge is -2.21. The summed E-state index contributed by atoms with van der Waals surface area (Å²) in [7, 11) is 1.59. The zero-order valence-corrected chi connectivity index (χ0v) is 30.9. The number of carboxylic acids is 1. The van der Waals surface area contributed by atoms with Gasteiger partial charge in [-0.05, 0) is 79.3 Å². The lowest BCUT2D eigenvalue weighted by atomic mass is 9.97. The smallest absolute Gasteiger partial charge is 0.345 e. The van der Waals surface area contributed by atoms with Gasteiger partial charge in [0.05, 0.1) is 35.4 Å². The summed E-state index contributed by atoms with van der Waals surface area (Å²) < 4.78 is 30.4. The van der Waals surface area contributed by atoms with Crippen LogP contribution >= 0.6 is 22.9 Å². The Kier molecular flexibility index (Phi) is 9.93. The third-order valence-electron chi connectivity index (χ3n) is 9.39. The maximum atomic E-state index is 13.0. The number of hydrogen-bond acceptors (Lipinski definition) is 12. The topological polar surface area (TPSA) is 155 Å². The minimum atomic E-state index is -1.37. The van der Waals surface area contributed by atoms with Gasteiger partial charge in [-0.3, -0.25) is 0 Å². The van der Waals surface area contributed by atoms with E-state index in [4.69, 9.17) is 40.3 Å². The van der Waals surface area contributed by atoms with Crippen LogP contribution in [0.4, 0.5) is 0 Å². The van der Waals surface area contributed by atoms with E-state index >= 15 is 0 Å². The molecule has 0 radical (unpaired) electrons. The minimum Gasteiger partial charge on any atom is -0.496 e. The Hall–Kier alpha value is -5.50. The molecule has 2 aliphatic heterocycles. The summed E-state index contributed by atoms with van der Waals surface area (Å²) in [6.07, 6.45) is 2.88. The van der Waals surface area contributed by atoms with Gasteiger partial charge in [-0.1, -0.05) is 29.8 Å². The predicted molar refractivity (Wildman–Crippen MR) is 202 cm³/mol. The number of halogens is 1. The second kappa shape index (κ2) is 15.1. The summed E-state index contributed by atoms with van der Waals surface area (Å²) in [4.78, 5) is 33.0. The Morgan fingerprint density at radius 2 is 1.87 bits per heavy atom. The minimum absolute atomic E-state index is 0.0171. The first-order valence-corrected chi connectivity index (χ1v) is 18.6. The largest absolute Gasteiger partial charge is 0.496 e. The molecule has 0 amide bonds. The molecule has 9 rings (SSSR count). The molecule has 1 aliphatic carbocycles. The van der Waals surface area contributed by atoms with Crippen LogP contribution in [-0.4, -0.2) is 68.6 Å². The van der Waals surface area contributed by atoms with E-state index in [2.05, 4.69) is 15.0 Å². The molecule has 5 heterocycles. The fraction of sp³-hybridized carbons (Fsp3) is 0.275. The third-order valence-corrected chi connectivity index (χ3v) is 11.1. The first-order chi connectivity index (χ1) is 26.3. The number of aliphatic hydroxyl groups excluding tert-OH is 1. The Bertz CT molecular complexity index is 2370. The summed E-state index contributed by atoms with van der Waals surface area (Å²) in [6.45, 7) is 1.61. The lowest BCUT2D eigenvalue weighted by Crippen LogP contribution is -2.30. The Balaban J connectivity index is 1.18. The van der Waals surface area contributed by atoms with Crippen molar-refractivity contribution in [2.45, 2.75) is 50.9 Å². The maximum Gasteiger partial charge on any atom is 0.345 e. The lowest BCUT2D eigenvalue weighted by molar-refractivity contribution is -0.145. The molecule has 14 heteroatoms. The molecule has 1 fully saturated rings. The van der Waals surface area contributed by atoms with Gasteiger partial charge in [0.15, 0.2) is 11.9 Å². The van der Waals surface area contributed by atoms with E-state index in [-0.39, 0.29) is 32.1 Å². The number of rotatable bonds is 8.